The molecule has 4 heteroatoms. The van der Waals surface area contributed by atoms with Gasteiger partial charge >= 0.3 is 0 Å². The molecule has 4 nitrogen and oxygen atoms in total. The van der Waals surface area contributed by atoms with Crippen molar-refractivity contribution in [3.63, 3.8) is 0 Å². The zero-order valence-corrected chi connectivity index (χ0v) is 14.5. The third kappa shape index (κ3) is 3.43. The smallest absolute Gasteiger partial charge is 0.213 e. The van der Waals surface area contributed by atoms with Crippen LogP contribution in [-0.2, 0) is 0 Å². The van der Waals surface area contributed by atoms with Gasteiger partial charge in [-0.2, -0.15) is 0 Å². The van der Waals surface area contributed by atoms with E-state index in [1.165, 1.54) is 31.3 Å². The van der Waals surface area contributed by atoms with Crippen LogP contribution < -0.4 is 4.74 Å². The lowest BCUT2D eigenvalue weighted by atomic mass is 9.97. The number of ether oxygens (including phenoxy) is 1. The van der Waals surface area contributed by atoms with E-state index in [2.05, 4.69) is 39.2 Å². The van der Waals surface area contributed by atoms with Crippen molar-refractivity contribution >= 4 is 16.6 Å². The van der Waals surface area contributed by atoms with Gasteiger partial charge in [0, 0.05) is 40.7 Å². The molecule has 3 aromatic rings. The van der Waals surface area contributed by atoms with Crippen LogP contribution in [0.5, 0.6) is 5.88 Å². The van der Waals surface area contributed by atoms with Gasteiger partial charge in [-0.15, -0.1) is 0 Å². The number of H-pyrrole nitrogens is 1. The van der Waals surface area contributed by atoms with Gasteiger partial charge in [0.15, 0.2) is 0 Å². The van der Waals surface area contributed by atoms with Crippen LogP contribution in [0, 0.1) is 5.92 Å². The van der Waals surface area contributed by atoms with Crippen LogP contribution in [0.15, 0.2) is 48.8 Å². The number of nitrogens with zero attached hydrogens (tertiary/aromatic N) is 2. The molecule has 4 rings (SSSR count). The van der Waals surface area contributed by atoms with Crippen molar-refractivity contribution in [1.29, 1.82) is 0 Å². The van der Waals surface area contributed by atoms with E-state index in [0.29, 0.717) is 18.4 Å². The molecule has 1 N–H and O–H groups in total. The fourth-order valence-corrected chi connectivity index (χ4v) is 3.58. The van der Waals surface area contributed by atoms with Gasteiger partial charge in [-0.1, -0.05) is 18.9 Å². The Morgan fingerprint density at radius 1 is 1.24 bits per heavy atom. The minimum atomic E-state index is 0.630. The average Bonchev–Trinajstić information content (AvgIpc) is 3.30. The van der Waals surface area contributed by atoms with Crippen molar-refractivity contribution in [3.05, 3.63) is 60.1 Å². The first kappa shape index (κ1) is 15.9. The summed E-state index contributed by atoms with van der Waals surface area (Å²) in [4.78, 5) is 12.4. The molecule has 3 aromatic heterocycles. The van der Waals surface area contributed by atoms with Crippen molar-refractivity contribution in [3.8, 4) is 5.88 Å². The third-order valence-corrected chi connectivity index (χ3v) is 4.82. The van der Waals surface area contributed by atoms with Gasteiger partial charge in [0.05, 0.1) is 6.61 Å². The summed E-state index contributed by atoms with van der Waals surface area (Å²) in [5.74, 6) is 1.31. The van der Waals surface area contributed by atoms with Crippen molar-refractivity contribution in [2.75, 3.05) is 6.61 Å². The van der Waals surface area contributed by atoms with Gasteiger partial charge in [-0.25, -0.2) is 9.97 Å². The van der Waals surface area contributed by atoms with Crippen molar-refractivity contribution in [2.45, 2.75) is 32.6 Å². The summed E-state index contributed by atoms with van der Waals surface area (Å²) in [6.45, 7) is 2.60. The van der Waals surface area contributed by atoms with Crippen LogP contribution in [-0.4, -0.2) is 21.6 Å². The summed E-state index contributed by atoms with van der Waals surface area (Å²) in [5, 5.41) is 1.13. The van der Waals surface area contributed by atoms with Gasteiger partial charge in [0.1, 0.15) is 5.65 Å². The maximum atomic E-state index is 5.48. The van der Waals surface area contributed by atoms with Crippen LogP contribution in [0.1, 0.15) is 43.9 Å². The molecule has 0 radical (unpaired) electrons. The number of pyridine rings is 2. The van der Waals surface area contributed by atoms with E-state index in [1.807, 2.05) is 31.5 Å². The molecule has 0 aliphatic heterocycles. The topological polar surface area (TPSA) is 50.8 Å². The summed E-state index contributed by atoms with van der Waals surface area (Å²) in [7, 11) is 0. The number of fused-ring (bicyclic) bond motifs is 1. The number of hydrogen-bond acceptors (Lipinski definition) is 3. The van der Waals surface area contributed by atoms with E-state index in [4.69, 9.17) is 4.74 Å². The number of rotatable bonds is 5. The van der Waals surface area contributed by atoms with Gasteiger partial charge in [0.2, 0.25) is 5.88 Å². The van der Waals surface area contributed by atoms with E-state index in [9.17, 15) is 0 Å². The first-order chi connectivity index (χ1) is 12.3. The molecule has 1 fully saturated rings. The van der Waals surface area contributed by atoms with Crippen molar-refractivity contribution in [2.24, 2.45) is 5.92 Å². The minimum absolute atomic E-state index is 0.630. The Morgan fingerprint density at radius 3 is 2.84 bits per heavy atom. The Hall–Kier alpha value is -2.62. The maximum absolute atomic E-state index is 5.48. The number of allylic oxidation sites excluding steroid dienone is 1. The Balaban J connectivity index is 1.75. The molecular weight excluding hydrogens is 310 g/mol. The standard InChI is InChI=1S/C21H23N3O/c1-2-25-20-10-9-17(14-23-20)18(12-15-6-3-4-7-15)19-13-16-8-5-11-22-21(16)24-19/h5,8-15H,2-4,6-7H2,1H3,(H,22,24). The molecule has 0 amide bonds. The SMILES string of the molecule is CCOc1ccc(C(=CC2CCCC2)c2cc3cccnc3[nH]2)cn1. The molecule has 128 valence electrons. The first-order valence-electron chi connectivity index (χ1n) is 9.08. The lowest BCUT2D eigenvalue weighted by Gasteiger charge is -2.10. The summed E-state index contributed by atoms with van der Waals surface area (Å²) in [6, 6.07) is 10.3. The molecule has 1 aliphatic carbocycles. The molecule has 0 aromatic carbocycles. The predicted molar refractivity (Wildman–Crippen MR) is 101 cm³/mol. The quantitative estimate of drug-likeness (QED) is 0.716. The minimum Gasteiger partial charge on any atom is -0.478 e. The zero-order valence-electron chi connectivity index (χ0n) is 14.5. The lowest BCUT2D eigenvalue weighted by molar-refractivity contribution is 0.327. The summed E-state index contributed by atoms with van der Waals surface area (Å²) < 4.78 is 5.48. The lowest BCUT2D eigenvalue weighted by Crippen LogP contribution is -1.97. The van der Waals surface area contributed by atoms with E-state index in [1.54, 1.807) is 0 Å². The summed E-state index contributed by atoms with van der Waals surface area (Å²) in [6.07, 6.45) is 11.3. The molecule has 0 unspecified atom stereocenters. The Labute approximate surface area is 148 Å². The van der Waals surface area contributed by atoms with E-state index >= 15 is 0 Å². The molecule has 0 saturated heterocycles. The van der Waals surface area contributed by atoms with Gasteiger partial charge in [0.25, 0.3) is 0 Å². The molecule has 1 aliphatic rings. The molecule has 1 saturated carbocycles. The molecule has 3 heterocycles. The van der Waals surface area contributed by atoms with E-state index < -0.39 is 0 Å². The molecule has 25 heavy (non-hydrogen) atoms. The summed E-state index contributed by atoms with van der Waals surface area (Å²) >= 11 is 0. The first-order valence-corrected chi connectivity index (χ1v) is 9.08. The monoisotopic (exact) mass is 333 g/mol. The highest BCUT2D eigenvalue weighted by Gasteiger charge is 2.17. The average molecular weight is 333 g/mol. The predicted octanol–water partition coefficient (Wildman–Crippen LogP) is 4.98. The second-order valence-electron chi connectivity index (χ2n) is 6.57. The highest BCUT2D eigenvalue weighted by molar-refractivity contribution is 5.86. The van der Waals surface area contributed by atoms with Crippen LogP contribution in [0.4, 0.5) is 0 Å². The molecule has 0 bridgehead atoms. The van der Waals surface area contributed by atoms with E-state index in [0.717, 1.165) is 22.3 Å². The maximum Gasteiger partial charge on any atom is 0.213 e. The number of hydrogen-bond donors (Lipinski definition) is 1. The van der Waals surface area contributed by atoms with Crippen LogP contribution in [0.3, 0.4) is 0 Å². The Morgan fingerprint density at radius 2 is 2.12 bits per heavy atom. The fraction of sp³-hybridized carbons (Fsp3) is 0.333. The van der Waals surface area contributed by atoms with Gasteiger partial charge in [-0.05, 0) is 49.9 Å². The molecular formula is C21H23N3O. The highest BCUT2D eigenvalue weighted by Crippen LogP contribution is 2.33. The fourth-order valence-electron chi connectivity index (χ4n) is 3.58. The largest absolute Gasteiger partial charge is 0.478 e. The second kappa shape index (κ2) is 7.09. The van der Waals surface area contributed by atoms with Crippen LogP contribution in [0.2, 0.25) is 0 Å². The number of aromatic amines is 1. The number of nitrogens with one attached hydrogen (secondary N) is 1. The normalized spacial score (nSPS) is 15.8. The Bertz CT molecular complexity index is 841. The Kier molecular flexibility index (Phi) is 4.51. The summed E-state index contributed by atoms with van der Waals surface area (Å²) in [5.41, 5.74) is 4.35. The van der Waals surface area contributed by atoms with Crippen LogP contribution in [0.25, 0.3) is 16.6 Å². The van der Waals surface area contributed by atoms with E-state index in [-0.39, 0.29) is 0 Å². The molecule has 0 spiro atoms. The van der Waals surface area contributed by atoms with Gasteiger partial charge < -0.3 is 9.72 Å². The molecule has 0 atom stereocenters. The zero-order chi connectivity index (χ0) is 17.1. The van der Waals surface area contributed by atoms with Crippen molar-refractivity contribution in [1.82, 2.24) is 15.0 Å². The highest BCUT2D eigenvalue weighted by atomic mass is 16.5. The van der Waals surface area contributed by atoms with Crippen LogP contribution >= 0.6 is 0 Å². The van der Waals surface area contributed by atoms with Gasteiger partial charge in [-0.3, -0.25) is 0 Å². The van der Waals surface area contributed by atoms with Crippen molar-refractivity contribution < 1.29 is 4.74 Å². The second-order valence-corrected chi connectivity index (χ2v) is 6.57. The number of aromatic nitrogens is 3. The third-order valence-electron chi connectivity index (χ3n) is 4.82.